The molecule has 0 saturated heterocycles. The molecule has 0 fully saturated rings. The smallest absolute Gasteiger partial charge is 0.282 e. The molecule has 1 unspecified atom stereocenters. The lowest BCUT2D eigenvalue weighted by atomic mass is 10.0. The Hall–Kier alpha value is -1.95. The van der Waals surface area contributed by atoms with Crippen molar-refractivity contribution in [2.24, 2.45) is 11.7 Å². The fourth-order valence-electron chi connectivity index (χ4n) is 1.87. The number of benzene rings is 1. The van der Waals surface area contributed by atoms with Crippen molar-refractivity contribution in [3.8, 4) is 0 Å². The second-order valence-electron chi connectivity index (χ2n) is 4.81. The van der Waals surface area contributed by atoms with Crippen LogP contribution in [0.5, 0.6) is 0 Å². The normalized spacial score (nSPS) is 12.2. The summed E-state index contributed by atoms with van der Waals surface area (Å²) in [6.07, 6.45) is 0.739. The molecular weight excluding hydrogens is 246 g/mol. The number of hydrogen-bond donors (Lipinski definition) is 2. The Bertz CT molecular complexity index is 460. The second kappa shape index (κ2) is 6.84. The summed E-state index contributed by atoms with van der Waals surface area (Å²) < 4.78 is 0. The van der Waals surface area contributed by atoms with Gasteiger partial charge in [0.2, 0.25) is 0 Å². The van der Waals surface area contributed by atoms with E-state index in [1.807, 2.05) is 13.8 Å². The zero-order valence-electron chi connectivity index (χ0n) is 11.1. The molecule has 6 nitrogen and oxygen atoms in total. The van der Waals surface area contributed by atoms with Gasteiger partial charge < -0.3 is 11.1 Å². The highest BCUT2D eigenvalue weighted by atomic mass is 16.6. The highest BCUT2D eigenvalue weighted by Crippen LogP contribution is 2.17. The lowest BCUT2D eigenvalue weighted by Crippen LogP contribution is -2.41. The van der Waals surface area contributed by atoms with E-state index in [9.17, 15) is 14.9 Å². The van der Waals surface area contributed by atoms with Crippen molar-refractivity contribution >= 4 is 11.6 Å². The van der Waals surface area contributed by atoms with E-state index in [4.69, 9.17) is 5.73 Å². The zero-order valence-corrected chi connectivity index (χ0v) is 11.1. The van der Waals surface area contributed by atoms with Gasteiger partial charge in [-0.15, -0.1) is 0 Å². The van der Waals surface area contributed by atoms with Crippen LogP contribution in [0.15, 0.2) is 24.3 Å². The van der Waals surface area contributed by atoms with E-state index in [1.54, 1.807) is 6.07 Å². The largest absolute Gasteiger partial charge is 0.348 e. The molecule has 1 aromatic rings. The summed E-state index contributed by atoms with van der Waals surface area (Å²) in [5.41, 5.74) is 5.47. The number of nitro benzene ring substituents is 1. The Morgan fingerprint density at radius 1 is 1.42 bits per heavy atom. The van der Waals surface area contributed by atoms with Gasteiger partial charge in [-0.25, -0.2) is 0 Å². The maximum absolute atomic E-state index is 12.0. The number of nitrogens with zero attached hydrogens (tertiary/aromatic N) is 1. The summed E-state index contributed by atoms with van der Waals surface area (Å²) in [6, 6.07) is 5.71. The van der Waals surface area contributed by atoms with Crippen LogP contribution in [-0.2, 0) is 0 Å². The van der Waals surface area contributed by atoms with Crippen LogP contribution in [0.1, 0.15) is 30.6 Å². The number of carbonyl (C=O) groups excluding carboxylic acids is 1. The number of para-hydroxylation sites is 1. The first-order valence-electron chi connectivity index (χ1n) is 6.20. The van der Waals surface area contributed by atoms with Crippen LogP contribution in [0.4, 0.5) is 5.69 Å². The summed E-state index contributed by atoms with van der Waals surface area (Å²) in [6.45, 7) is 4.37. The maximum Gasteiger partial charge on any atom is 0.282 e. The molecule has 0 heterocycles. The topological polar surface area (TPSA) is 98.3 Å². The predicted octanol–water partition coefficient (Wildman–Crippen LogP) is 1.70. The third kappa shape index (κ3) is 4.33. The lowest BCUT2D eigenvalue weighted by molar-refractivity contribution is -0.385. The van der Waals surface area contributed by atoms with Crippen molar-refractivity contribution in [2.75, 3.05) is 6.54 Å². The van der Waals surface area contributed by atoms with Crippen LogP contribution < -0.4 is 11.1 Å². The van der Waals surface area contributed by atoms with E-state index in [-0.39, 0.29) is 17.3 Å². The van der Waals surface area contributed by atoms with Crippen molar-refractivity contribution in [3.63, 3.8) is 0 Å². The lowest BCUT2D eigenvalue weighted by Gasteiger charge is -2.18. The zero-order chi connectivity index (χ0) is 14.4. The number of nitro groups is 1. The quantitative estimate of drug-likeness (QED) is 0.604. The third-order valence-electron chi connectivity index (χ3n) is 2.72. The van der Waals surface area contributed by atoms with Gasteiger partial charge in [0, 0.05) is 18.7 Å². The molecule has 19 heavy (non-hydrogen) atoms. The SMILES string of the molecule is CC(C)CC(CN)NC(=O)c1ccccc1[N+](=O)[O-]. The van der Waals surface area contributed by atoms with Crippen LogP contribution in [0.2, 0.25) is 0 Å². The molecule has 0 aromatic heterocycles. The van der Waals surface area contributed by atoms with Crippen molar-refractivity contribution in [3.05, 3.63) is 39.9 Å². The van der Waals surface area contributed by atoms with Gasteiger partial charge in [0.05, 0.1) is 4.92 Å². The van der Waals surface area contributed by atoms with Crippen LogP contribution in [0, 0.1) is 16.0 Å². The van der Waals surface area contributed by atoms with E-state index in [2.05, 4.69) is 5.32 Å². The predicted molar refractivity (Wildman–Crippen MR) is 72.9 cm³/mol. The minimum Gasteiger partial charge on any atom is -0.348 e. The van der Waals surface area contributed by atoms with Gasteiger partial charge in [0.25, 0.3) is 11.6 Å². The molecule has 0 spiro atoms. The first-order chi connectivity index (χ1) is 8.95. The summed E-state index contributed by atoms with van der Waals surface area (Å²) >= 11 is 0. The summed E-state index contributed by atoms with van der Waals surface area (Å²) in [5, 5.41) is 13.6. The number of hydrogen-bond acceptors (Lipinski definition) is 4. The minimum atomic E-state index is -0.561. The maximum atomic E-state index is 12.0. The first-order valence-corrected chi connectivity index (χ1v) is 6.20. The number of nitrogens with one attached hydrogen (secondary N) is 1. The summed E-state index contributed by atoms with van der Waals surface area (Å²) in [7, 11) is 0. The Labute approximate surface area is 112 Å². The molecule has 1 rings (SSSR count). The Morgan fingerprint density at radius 3 is 2.58 bits per heavy atom. The van der Waals surface area contributed by atoms with Gasteiger partial charge >= 0.3 is 0 Å². The average molecular weight is 265 g/mol. The van der Waals surface area contributed by atoms with E-state index in [0.29, 0.717) is 12.5 Å². The molecule has 3 N–H and O–H groups in total. The second-order valence-corrected chi connectivity index (χ2v) is 4.81. The van der Waals surface area contributed by atoms with Gasteiger partial charge in [0.1, 0.15) is 5.56 Å². The molecule has 0 aliphatic carbocycles. The fourth-order valence-corrected chi connectivity index (χ4v) is 1.87. The Kier molecular flexibility index (Phi) is 5.44. The molecule has 104 valence electrons. The highest BCUT2D eigenvalue weighted by Gasteiger charge is 2.21. The number of amides is 1. The van der Waals surface area contributed by atoms with E-state index < -0.39 is 10.8 Å². The van der Waals surface area contributed by atoms with Gasteiger partial charge in [-0.05, 0) is 18.4 Å². The molecular formula is C13H19N3O3. The van der Waals surface area contributed by atoms with Crippen LogP contribution in [0.3, 0.4) is 0 Å². The van der Waals surface area contributed by atoms with Gasteiger partial charge in [-0.3, -0.25) is 14.9 Å². The molecule has 1 amide bonds. The van der Waals surface area contributed by atoms with Crippen LogP contribution in [-0.4, -0.2) is 23.4 Å². The number of rotatable bonds is 6. The minimum absolute atomic E-state index is 0.0645. The molecule has 0 aliphatic rings. The van der Waals surface area contributed by atoms with Gasteiger partial charge in [-0.1, -0.05) is 26.0 Å². The van der Waals surface area contributed by atoms with Crippen LogP contribution >= 0.6 is 0 Å². The molecule has 0 bridgehead atoms. The van der Waals surface area contributed by atoms with Gasteiger partial charge in [-0.2, -0.15) is 0 Å². The Morgan fingerprint density at radius 2 is 2.05 bits per heavy atom. The van der Waals surface area contributed by atoms with E-state index in [1.165, 1.54) is 18.2 Å². The molecule has 0 aliphatic heterocycles. The van der Waals surface area contributed by atoms with E-state index >= 15 is 0 Å². The third-order valence-corrected chi connectivity index (χ3v) is 2.72. The van der Waals surface area contributed by atoms with Crippen molar-refractivity contribution in [1.29, 1.82) is 0 Å². The number of nitrogens with two attached hydrogens (primary N) is 1. The fraction of sp³-hybridized carbons (Fsp3) is 0.462. The van der Waals surface area contributed by atoms with Crippen molar-refractivity contribution in [1.82, 2.24) is 5.32 Å². The van der Waals surface area contributed by atoms with Gasteiger partial charge in [0.15, 0.2) is 0 Å². The summed E-state index contributed by atoms with van der Waals surface area (Å²) in [5.74, 6) is -0.0667. The van der Waals surface area contributed by atoms with E-state index in [0.717, 1.165) is 6.42 Å². The van der Waals surface area contributed by atoms with Crippen molar-refractivity contribution < 1.29 is 9.72 Å². The van der Waals surface area contributed by atoms with Crippen molar-refractivity contribution in [2.45, 2.75) is 26.3 Å². The standard InChI is InChI=1S/C13H19N3O3/c1-9(2)7-10(8-14)15-13(17)11-5-3-4-6-12(11)16(18)19/h3-6,9-10H,7-8,14H2,1-2H3,(H,15,17). The average Bonchev–Trinajstić information content (AvgIpc) is 2.37. The Balaban J connectivity index is 2.86. The highest BCUT2D eigenvalue weighted by molar-refractivity contribution is 5.98. The monoisotopic (exact) mass is 265 g/mol. The molecule has 6 heteroatoms. The van der Waals surface area contributed by atoms with Crippen LogP contribution in [0.25, 0.3) is 0 Å². The molecule has 0 saturated carbocycles. The summed E-state index contributed by atoms with van der Waals surface area (Å²) in [4.78, 5) is 22.3. The molecule has 0 radical (unpaired) electrons. The molecule has 1 atom stereocenters. The molecule has 1 aromatic carbocycles. The number of carbonyl (C=O) groups is 1. The first kappa shape index (κ1) is 15.1.